The van der Waals surface area contributed by atoms with Crippen LogP contribution in [0.2, 0.25) is 6.32 Å². The first kappa shape index (κ1) is 7.61. The van der Waals surface area contributed by atoms with Crippen molar-refractivity contribution in [3.8, 4) is 0 Å². The summed E-state index contributed by atoms with van der Waals surface area (Å²) in [7, 11) is 0.976. The maximum absolute atomic E-state index is 5.33. The molecular weight excluding hydrogens is 146 g/mol. The summed E-state index contributed by atoms with van der Waals surface area (Å²) in [5, 5.41) is 0. The Bertz CT molecular complexity index is 122. The molecule has 0 unspecified atom stereocenters. The van der Waals surface area contributed by atoms with Gasteiger partial charge in [-0.05, 0) is 6.32 Å². The van der Waals surface area contributed by atoms with Crippen molar-refractivity contribution in [2.45, 2.75) is 12.5 Å². The third-order valence-electron chi connectivity index (χ3n) is 1.83. The van der Waals surface area contributed by atoms with Gasteiger partial charge in [-0.25, -0.2) is 0 Å². The molecule has 2 aliphatic heterocycles. The van der Waals surface area contributed by atoms with Gasteiger partial charge < -0.3 is 9.47 Å². The lowest BCUT2D eigenvalue weighted by atomic mass is 9.64. The molecule has 2 heterocycles. The van der Waals surface area contributed by atoms with Crippen molar-refractivity contribution in [3.05, 3.63) is 0 Å². The molecule has 4 nitrogen and oxygen atoms in total. The van der Waals surface area contributed by atoms with E-state index in [4.69, 9.17) is 19.2 Å². The van der Waals surface area contributed by atoms with Gasteiger partial charge >= 0.3 is 6.92 Å². The third kappa shape index (κ3) is 1.76. The van der Waals surface area contributed by atoms with Gasteiger partial charge in [0.2, 0.25) is 0 Å². The molecule has 0 atom stereocenters. The van der Waals surface area contributed by atoms with Crippen LogP contribution in [0.3, 0.4) is 0 Å². The zero-order valence-corrected chi connectivity index (χ0v) is 6.32. The number of hydrogen-bond acceptors (Lipinski definition) is 4. The largest absolute Gasteiger partial charge is 0.403 e. The lowest BCUT2D eigenvalue weighted by Crippen LogP contribution is -2.41. The topological polar surface area (TPSA) is 36.9 Å². The number of hydrogen-bond donors (Lipinski definition) is 0. The molecule has 0 aromatic heterocycles. The lowest BCUT2D eigenvalue weighted by Gasteiger charge is -2.23. The molecule has 60 valence electrons. The average molecular weight is 156 g/mol. The van der Waals surface area contributed by atoms with E-state index in [1.807, 2.05) is 0 Å². The van der Waals surface area contributed by atoms with Crippen LogP contribution in [-0.4, -0.2) is 40.0 Å². The maximum atomic E-state index is 5.33. The highest BCUT2D eigenvalue weighted by Gasteiger charge is 2.36. The molecule has 0 amide bonds. The second-order valence-corrected chi connectivity index (χ2v) is 2.71. The molecule has 2 rings (SSSR count). The van der Waals surface area contributed by atoms with E-state index in [1.165, 1.54) is 0 Å². The smallest absolute Gasteiger partial charge is 0.365 e. The fourth-order valence-corrected chi connectivity index (χ4v) is 1.25. The molecule has 0 aromatic carbocycles. The van der Waals surface area contributed by atoms with Gasteiger partial charge in [-0.2, -0.15) is 0 Å². The predicted molar refractivity (Wildman–Crippen MR) is 40.4 cm³/mol. The zero-order chi connectivity index (χ0) is 7.52. The summed E-state index contributed by atoms with van der Waals surface area (Å²) < 4.78 is 10.7. The Balaban J connectivity index is 1.82. The second kappa shape index (κ2) is 3.58. The van der Waals surface area contributed by atoms with Crippen LogP contribution in [0.25, 0.3) is 0 Å². The summed E-state index contributed by atoms with van der Waals surface area (Å²) >= 11 is 0. The fourth-order valence-electron chi connectivity index (χ4n) is 1.25. The van der Waals surface area contributed by atoms with E-state index in [-0.39, 0.29) is 13.1 Å². The summed E-state index contributed by atoms with van der Waals surface area (Å²) in [4.78, 5) is 9.69. The van der Waals surface area contributed by atoms with E-state index in [2.05, 4.69) is 0 Å². The minimum absolute atomic E-state index is 0.0182. The first-order valence-corrected chi connectivity index (χ1v) is 3.98. The standard InChI is InChI=1S/C5H10B2O4/c1-2-10-11-7(1)5-8-3-6-4-9-5/h5-6H,1-4H2. The van der Waals surface area contributed by atoms with Crippen LogP contribution < -0.4 is 0 Å². The van der Waals surface area contributed by atoms with Crippen molar-refractivity contribution in [2.24, 2.45) is 0 Å². The van der Waals surface area contributed by atoms with Crippen molar-refractivity contribution in [1.82, 2.24) is 0 Å². The molecule has 0 N–H and O–H groups in total. The Morgan fingerprint density at radius 1 is 1.27 bits per heavy atom. The average Bonchev–Trinajstić information content (AvgIpc) is 2.58. The monoisotopic (exact) mass is 156 g/mol. The van der Waals surface area contributed by atoms with Crippen LogP contribution in [0.15, 0.2) is 0 Å². The van der Waals surface area contributed by atoms with Crippen molar-refractivity contribution < 1.29 is 19.2 Å². The minimum Gasteiger partial charge on any atom is -0.365 e. The van der Waals surface area contributed by atoms with E-state index in [0.717, 1.165) is 26.6 Å². The van der Waals surface area contributed by atoms with Crippen molar-refractivity contribution in [2.75, 3.05) is 19.6 Å². The normalized spacial score (nSPS) is 27.1. The van der Waals surface area contributed by atoms with Gasteiger partial charge in [0.1, 0.15) is 0 Å². The molecule has 2 saturated heterocycles. The van der Waals surface area contributed by atoms with Crippen molar-refractivity contribution in [3.63, 3.8) is 0 Å². The molecule has 0 aliphatic carbocycles. The Kier molecular flexibility index (Phi) is 2.48. The van der Waals surface area contributed by atoms with Gasteiger partial charge in [-0.1, -0.05) is 0 Å². The Hall–Kier alpha value is -0.0301. The van der Waals surface area contributed by atoms with E-state index < -0.39 is 0 Å². The molecule has 0 radical (unpaired) electrons. The van der Waals surface area contributed by atoms with Gasteiger partial charge in [0.05, 0.1) is 6.61 Å². The highest BCUT2D eigenvalue weighted by Crippen LogP contribution is 2.14. The highest BCUT2D eigenvalue weighted by molar-refractivity contribution is 6.53. The Morgan fingerprint density at radius 2 is 2.09 bits per heavy atom. The van der Waals surface area contributed by atoms with Crippen molar-refractivity contribution in [1.29, 1.82) is 0 Å². The Morgan fingerprint density at radius 3 is 2.73 bits per heavy atom. The third-order valence-corrected chi connectivity index (χ3v) is 1.83. The van der Waals surface area contributed by atoms with E-state index >= 15 is 0 Å². The van der Waals surface area contributed by atoms with Crippen LogP contribution in [-0.2, 0) is 19.2 Å². The molecule has 2 fully saturated rings. The van der Waals surface area contributed by atoms with E-state index in [0.29, 0.717) is 6.61 Å². The van der Waals surface area contributed by atoms with E-state index in [1.54, 1.807) is 0 Å². The number of ether oxygens (including phenoxy) is 2. The first-order chi connectivity index (χ1) is 5.47. The van der Waals surface area contributed by atoms with Gasteiger partial charge in [-0.15, -0.1) is 0 Å². The minimum atomic E-state index is -0.203. The Labute approximate surface area is 66.4 Å². The summed E-state index contributed by atoms with van der Waals surface area (Å²) in [5.74, 6) is 0. The van der Waals surface area contributed by atoms with Gasteiger partial charge in [0.25, 0.3) is 0 Å². The molecule has 0 bridgehead atoms. The molecule has 0 spiro atoms. The molecular formula is C5H10B2O4. The summed E-state index contributed by atoms with van der Waals surface area (Å²) in [6.07, 6.45) is 0.663. The highest BCUT2D eigenvalue weighted by atomic mass is 17.2. The summed E-state index contributed by atoms with van der Waals surface area (Å²) in [5.41, 5.74) is 0. The van der Waals surface area contributed by atoms with E-state index in [9.17, 15) is 0 Å². The summed E-state index contributed by atoms with van der Waals surface area (Å²) in [6.45, 7) is 2.17. The van der Waals surface area contributed by atoms with Crippen molar-refractivity contribution >= 4 is 14.2 Å². The zero-order valence-electron chi connectivity index (χ0n) is 6.32. The van der Waals surface area contributed by atoms with Gasteiger partial charge in [0, 0.05) is 13.0 Å². The molecule has 2 aliphatic rings. The molecule has 11 heavy (non-hydrogen) atoms. The summed E-state index contributed by atoms with van der Waals surface area (Å²) in [6, 6.07) is 0. The molecule has 6 heteroatoms. The fraction of sp³-hybridized carbons (Fsp3) is 1.00. The van der Waals surface area contributed by atoms with Crippen LogP contribution in [0, 0.1) is 0 Å². The van der Waals surface area contributed by atoms with Gasteiger partial charge in [-0.3, -0.25) is 9.69 Å². The second-order valence-electron chi connectivity index (χ2n) is 2.71. The SMILES string of the molecule is B1COC(B2CCOO2)OC1. The number of rotatable bonds is 1. The maximum Gasteiger partial charge on any atom is 0.403 e. The van der Waals surface area contributed by atoms with Crippen LogP contribution in [0.5, 0.6) is 0 Å². The van der Waals surface area contributed by atoms with Crippen LogP contribution in [0.1, 0.15) is 0 Å². The van der Waals surface area contributed by atoms with Crippen LogP contribution in [0.4, 0.5) is 0 Å². The predicted octanol–water partition coefficient (Wildman–Crippen LogP) is -0.797. The molecule has 0 aromatic rings. The van der Waals surface area contributed by atoms with Crippen LogP contribution >= 0.6 is 0 Å². The first-order valence-electron chi connectivity index (χ1n) is 3.98. The lowest BCUT2D eigenvalue weighted by molar-refractivity contribution is -0.199. The quantitative estimate of drug-likeness (QED) is 0.367. The van der Waals surface area contributed by atoms with Gasteiger partial charge in [0.15, 0.2) is 13.5 Å². The molecule has 0 saturated carbocycles.